The van der Waals surface area contributed by atoms with Crippen LogP contribution in [-0.2, 0) is 9.53 Å². The third-order valence-corrected chi connectivity index (χ3v) is 5.76. The van der Waals surface area contributed by atoms with Gasteiger partial charge < -0.3 is 15.0 Å². The second kappa shape index (κ2) is 10.00. The van der Waals surface area contributed by atoms with E-state index in [-0.39, 0.29) is 29.1 Å². The van der Waals surface area contributed by atoms with Gasteiger partial charge in [-0.25, -0.2) is 9.37 Å². The van der Waals surface area contributed by atoms with Gasteiger partial charge in [-0.1, -0.05) is 23.9 Å². The topological polar surface area (TPSA) is 84.1 Å². The molecular formula is C20H22FN3O3S2. The number of hydrogen-bond acceptors (Lipinski definition) is 6. The van der Waals surface area contributed by atoms with Crippen LogP contribution in [0, 0.1) is 5.82 Å². The van der Waals surface area contributed by atoms with Crippen molar-refractivity contribution in [2.75, 3.05) is 18.9 Å². The Hall–Kier alpha value is -2.23. The Morgan fingerprint density at radius 1 is 1.34 bits per heavy atom. The third-order valence-electron chi connectivity index (χ3n) is 4.01. The molecule has 1 amide bonds. The first-order valence-electron chi connectivity index (χ1n) is 9.22. The molecule has 0 spiro atoms. The second-order valence-electron chi connectivity index (χ2n) is 6.62. The molecule has 0 aliphatic carbocycles. The molecule has 0 aliphatic heterocycles. The lowest BCUT2D eigenvalue weighted by molar-refractivity contribution is -0.118. The van der Waals surface area contributed by atoms with Crippen molar-refractivity contribution in [2.45, 2.75) is 31.5 Å². The van der Waals surface area contributed by atoms with Crippen LogP contribution in [0.5, 0.6) is 0 Å². The summed E-state index contributed by atoms with van der Waals surface area (Å²) < 4.78 is 18.6. The SMILES string of the molecule is CC(C)OCCCNC(=O)CSc1nc2scc(-c3ccc(F)cc3)c2c(=O)[nH]1. The van der Waals surface area contributed by atoms with E-state index in [0.29, 0.717) is 28.5 Å². The lowest BCUT2D eigenvalue weighted by Crippen LogP contribution is -2.27. The smallest absolute Gasteiger partial charge is 0.260 e. The summed E-state index contributed by atoms with van der Waals surface area (Å²) in [4.78, 5) is 32.3. The maximum Gasteiger partial charge on any atom is 0.260 e. The Morgan fingerprint density at radius 3 is 2.83 bits per heavy atom. The number of halogens is 1. The largest absolute Gasteiger partial charge is 0.379 e. The zero-order valence-corrected chi connectivity index (χ0v) is 17.8. The molecule has 2 aromatic heterocycles. The maximum atomic E-state index is 13.2. The Balaban J connectivity index is 1.61. The number of aromatic nitrogens is 2. The zero-order valence-electron chi connectivity index (χ0n) is 16.2. The molecule has 2 N–H and O–H groups in total. The quantitative estimate of drug-likeness (QED) is 0.303. The number of fused-ring (bicyclic) bond motifs is 1. The molecule has 0 saturated carbocycles. The van der Waals surface area contributed by atoms with Crippen molar-refractivity contribution >= 4 is 39.2 Å². The Bertz CT molecular complexity index is 1030. The van der Waals surface area contributed by atoms with Crippen LogP contribution in [0.2, 0.25) is 0 Å². The summed E-state index contributed by atoms with van der Waals surface area (Å²) in [5, 5.41) is 5.52. The number of nitrogens with zero attached hydrogens (tertiary/aromatic N) is 1. The van der Waals surface area contributed by atoms with E-state index >= 15 is 0 Å². The van der Waals surface area contributed by atoms with Gasteiger partial charge in [0.15, 0.2) is 5.16 Å². The molecule has 3 aromatic rings. The van der Waals surface area contributed by atoms with E-state index in [9.17, 15) is 14.0 Å². The molecule has 0 atom stereocenters. The summed E-state index contributed by atoms with van der Waals surface area (Å²) in [6.07, 6.45) is 0.927. The van der Waals surface area contributed by atoms with Gasteiger partial charge in [-0.2, -0.15) is 0 Å². The van der Waals surface area contributed by atoms with Gasteiger partial charge in [0.1, 0.15) is 10.6 Å². The Labute approximate surface area is 175 Å². The number of ether oxygens (including phenoxy) is 1. The molecule has 9 heteroatoms. The number of thioether (sulfide) groups is 1. The Kier molecular flexibility index (Phi) is 7.40. The van der Waals surface area contributed by atoms with Crippen LogP contribution in [0.1, 0.15) is 20.3 Å². The number of H-pyrrole nitrogens is 1. The van der Waals surface area contributed by atoms with E-state index < -0.39 is 0 Å². The van der Waals surface area contributed by atoms with Crippen molar-refractivity contribution in [3.8, 4) is 11.1 Å². The van der Waals surface area contributed by atoms with E-state index in [0.717, 1.165) is 17.5 Å². The predicted octanol–water partition coefficient (Wildman–Crippen LogP) is 3.81. The number of nitrogens with one attached hydrogen (secondary N) is 2. The van der Waals surface area contributed by atoms with E-state index in [4.69, 9.17) is 4.74 Å². The summed E-state index contributed by atoms with van der Waals surface area (Å²) in [6, 6.07) is 5.99. The summed E-state index contributed by atoms with van der Waals surface area (Å²) in [6.45, 7) is 5.08. The predicted molar refractivity (Wildman–Crippen MR) is 115 cm³/mol. The van der Waals surface area contributed by atoms with Gasteiger partial charge in [0.05, 0.1) is 17.2 Å². The van der Waals surface area contributed by atoms with Crippen LogP contribution >= 0.6 is 23.1 Å². The van der Waals surface area contributed by atoms with Crippen LogP contribution in [0.15, 0.2) is 39.6 Å². The summed E-state index contributed by atoms with van der Waals surface area (Å²) >= 11 is 2.52. The third kappa shape index (κ3) is 5.88. The van der Waals surface area contributed by atoms with Crippen molar-refractivity contribution in [3.63, 3.8) is 0 Å². The van der Waals surface area contributed by atoms with Crippen LogP contribution in [0.3, 0.4) is 0 Å². The standard InChI is InChI=1S/C20H22FN3O3S2/c1-12(2)27-9-3-8-22-16(25)11-29-20-23-18(26)17-15(10-28-19(17)24-20)13-4-6-14(21)7-5-13/h4-7,10,12H,3,8-9,11H2,1-2H3,(H,22,25)(H,23,24,26). The van der Waals surface area contributed by atoms with Gasteiger partial charge in [-0.15, -0.1) is 11.3 Å². The first-order valence-corrected chi connectivity index (χ1v) is 11.1. The summed E-state index contributed by atoms with van der Waals surface area (Å²) in [5.74, 6) is -0.291. The molecule has 154 valence electrons. The molecule has 0 aliphatic rings. The average molecular weight is 436 g/mol. The molecule has 0 radical (unpaired) electrons. The molecule has 0 bridgehead atoms. The number of thiophene rings is 1. The first-order chi connectivity index (χ1) is 13.9. The molecule has 2 heterocycles. The van der Waals surface area contributed by atoms with E-state index in [1.165, 1.54) is 35.2 Å². The minimum atomic E-state index is -0.329. The normalized spacial score (nSPS) is 11.3. The van der Waals surface area contributed by atoms with Crippen molar-refractivity contribution < 1.29 is 13.9 Å². The van der Waals surface area contributed by atoms with E-state index in [1.807, 2.05) is 19.2 Å². The van der Waals surface area contributed by atoms with Gasteiger partial charge in [-0.05, 0) is 38.0 Å². The summed E-state index contributed by atoms with van der Waals surface area (Å²) in [7, 11) is 0. The second-order valence-corrected chi connectivity index (χ2v) is 8.44. The minimum Gasteiger partial charge on any atom is -0.379 e. The van der Waals surface area contributed by atoms with E-state index in [1.54, 1.807) is 12.1 Å². The molecule has 1 aromatic carbocycles. The molecular weight excluding hydrogens is 413 g/mol. The Morgan fingerprint density at radius 2 is 2.10 bits per heavy atom. The lowest BCUT2D eigenvalue weighted by atomic mass is 10.1. The molecule has 0 unspecified atom stereocenters. The van der Waals surface area contributed by atoms with Gasteiger partial charge >= 0.3 is 0 Å². The number of hydrogen-bond donors (Lipinski definition) is 2. The molecule has 0 fully saturated rings. The van der Waals surface area contributed by atoms with Crippen LogP contribution in [-0.4, -0.2) is 40.9 Å². The van der Waals surface area contributed by atoms with Gasteiger partial charge in [0.25, 0.3) is 5.56 Å². The molecule has 3 rings (SSSR count). The highest BCUT2D eigenvalue weighted by Gasteiger charge is 2.14. The fraction of sp³-hybridized carbons (Fsp3) is 0.350. The number of carbonyl (C=O) groups excluding carboxylic acids is 1. The van der Waals surface area contributed by atoms with Gasteiger partial charge in [0.2, 0.25) is 5.91 Å². The van der Waals surface area contributed by atoms with Crippen molar-refractivity contribution in [1.29, 1.82) is 0 Å². The highest BCUT2D eigenvalue weighted by atomic mass is 32.2. The van der Waals surface area contributed by atoms with Crippen LogP contribution in [0.25, 0.3) is 21.3 Å². The van der Waals surface area contributed by atoms with Crippen LogP contribution < -0.4 is 10.9 Å². The van der Waals surface area contributed by atoms with Crippen LogP contribution in [0.4, 0.5) is 4.39 Å². The number of rotatable bonds is 9. The van der Waals surface area contributed by atoms with Gasteiger partial charge in [-0.3, -0.25) is 9.59 Å². The van der Waals surface area contributed by atoms with Gasteiger partial charge in [0, 0.05) is 24.1 Å². The number of benzene rings is 1. The minimum absolute atomic E-state index is 0.125. The van der Waals surface area contributed by atoms with Crippen molar-refractivity contribution in [1.82, 2.24) is 15.3 Å². The van der Waals surface area contributed by atoms with E-state index in [2.05, 4.69) is 15.3 Å². The average Bonchev–Trinajstić information content (AvgIpc) is 3.11. The number of aromatic amines is 1. The molecule has 0 saturated heterocycles. The number of carbonyl (C=O) groups is 1. The molecule has 29 heavy (non-hydrogen) atoms. The fourth-order valence-corrected chi connectivity index (χ4v) is 4.34. The first kappa shape index (κ1) is 21.5. The van der Waals surface area contributed by atoms with Crippen molar-refractivity contribution in [3.05, 3.63) is 45.8 Å². The van der Waals surface area contributed by atoms with Crippen molar-refractivity contribution in [2.24, 2.45) is 0 Å². The monoisotopic (exact) mass is 435 g/mol. The maximum absolute atomic E-state index is 13.2. The highest BCUT2D eigenvalue weighted by molar-refractivity contribution is 7.99. The zero-order chi connectivity index (χ0) is 20.8. The highest BCUT2D eigenvalue weighted by Crippen LogP contribution is 2.31. The summed E-state index contributed by atoms with van der Waals surface area (Å²) in [5.41, 5.74) is 1.20. The molecule has 6 nitrogen and oxygen atoms in total. The fourth-order valence-electron chi connectivity index (χ4n) is 2.64. The lowest BCUT2D eigenvalue weighted by Gasteiger charge is -2.08. The number of amides is 1.